The van der Waals surface area contributed by atoms with Crippen molar-refractivity contribution in [1.29, 1.82) is 0 Å². The average Bonchev–Trinajstić information content (AvgIpc) is 2.98. The van der Waals surface area contributed by atoms with Crippen LogP contribution in [0.1, 0.15) is 23.7 Å². The van der Waals surface area contributed by atoms with E-state index in [1.54, 1.807) is 18.2 Å². The van der Waals surface area contributed by atoms with Gasteiger partial charge in [-0.1, -0.05) is 30.3 Å². The number of aliphatic hydroxyl groups excluding tert-OH is 1. The maximum Gasteiger partial charge on any atom is 0.222 e. The van der Waals surface area contributed by atoms with Crippen LogP contribution < -0.4 is 5.32 Å². The van der Waals surface area contributed by atoms with Crippen LogP contribution in [0.15, 0.2) is 54.7 Å². The molecule has 0 aliphatic carbocycles. The summed E-state index contributed by atoms with van der Waals surface area (Å²) in [7, 11) is 0. The highest BCUT2D eigenvalue weighted by Crippen LogP contribution is 2.20. The molecular weight excluding hydrogens is 307 g/mol. The summed E-state index contributed by atoms with van der Waals surface area (Å²) in [6.45, 7) is 0.434. The summed E-state index contributed by atoms with van der Waals surface area (Å²) in [6.07, 6.45) is 1.63. The standard InChI is InChI=1S/C19H19FN2O2/c20-15-6-7-17-16(10-15)14(12-22-17)8-9-21-19(24)11-18(23)13-4-2-1-3-5-13/h1-7,10,12,18,22-23H,8-9,11H2,(H,21,24). The topological polar surface area (TPSA) is 65.1 Å². The summed E-state index contributed by atoms with van der Waals surface area (Å²) in [6, 6.07) is 13.7. The Kier molecular flexibility index (Phi) is 4.91. The third kappa shape index (κ3) is 3.81. The van der Waals surface area contributed by atoms with Gasteiger partial charge in [0.05, 0.1) is 12.5 Å². The number of carbonyl (C=O) groups excluding carboxylic acids is 1. The number of aromatic amines is 1. The first kappa shape index (κ1) is 16.2. The Morgan fingerprint density at radius 2 is 2.00 bits per heavy atom. The number of hydrogen-bond donors (Lipinski definition) is 3. The predicted molar refractivity (Wildman–Crippen MR) is 91.0 cm³/mol. The number of halogens is 1. The normalized spacial score (nSPS) is 12.2. The molecule has 0 spiro atoms. The van der Waals surface area contributed by atoms with E-state index in [-0.39, 0.29) is 18.1 Å². The summed E-state index contributed by atoms with van der Waals surface area (Å²) >= 11 is 0. The number of nitrogens with one attached hydrogen (secondary N) is 2. The molecule has 3 rings (SSSR count). The molecule has 124 valence electrons. The monoisotopic (exact) mass is 326 g/mol. The molecule has 0 saturated heterocycles. The maximum atomic E-state index is 13.3. The highest BCUT2D eigenvalue weighted by Gasteiger charge is 2.12. The van der Waals surface area contributed by atoms with Crippen LogP contribution in [0.5, 0.6) is 0 Å². The van der Waals surface area contributed by atoms with Crippen LogP contribution in [0.2, 0.25) is 0 Å². The second-order valence-corrected chi connectivity index (χ2v) is 5.73. The van der Waals surface area contributed by atoms with E-state index in [0.29, 0.717) is 13.0 Å². The third-order valence-electron chi connectivity index (χ3n) is 4.01. The van der Waals surface area contributed by atoms with Gasteiger partial charge in [-0.3, -0.25) is 4.79 Å². The van der Waals surface area contributed by atoms with Crippen molar-refractivity contribution in [1.82, 2.24) is 10.3 Å². The van der Waals surface area contributed by atoms with Crippen LogP contribution in [-0.4, -0.2) is 22.5 Å². The van der Waals surface area contributed by atoms with Crippen LogP contribution >= 0.6 is 0 Å². The molecule has 4 nitrogen and oxygen atoms in total. The van der Waals surface area contributed by atoms with E-state index in [9.17, 15) is 14.3 Å². The lowest BCUT2D eigenvalue weighted by Gasteiger charge is -2.11. The molecule has 1 amide bonds. The van der Waals surface area contributed by atoms with E-state index < -0.39 is 6.10 Å². The quantitative estimate of drug-likeness (QED) is 0.652. The highest BCUT2D eigenvalue weighted by molar-refractivity contribution is 5.83. The Balaban J connectivity index is 1.52. The molecular formula is C19H19FN2O2. The van der Waals surface area contributed by atoms with Gasteiger partial charge < -0.3 is 15.4 Å². The van der Waals surface area contributed by atoms with E-state index in [1.165, 1.54) is 12.1 Å². The molecule has 3 aromatic rings. The van der Waals surface area contributed by atoms with Gasteiger partial charge in [0.25, 0.3) is 0 Å². The zero-order valence-electron chi connectivity index (χ0n) is 13.1. The minimum Gasteiger partial charge on any atom is -0.388 e. The third-order valence-corrected chi connectivity index (χ3v) is 4.01. The largest absolute Gasteiger partial charge is 0.388 e. The number of aliphatic hydroxyl groups is 1. The second-order valence-electron chi connectivity index (χ2n) is 5.73. The predicted octanol–water partition coefficient (Wildman–Crippen LogP) is 3.09. The van der Waals surface area contributed by atoms with Crippen LogP contribution in [0.4, 0.5) is 4.39 Å². The molecule has 0 bridgehead atoms. The molecule has 1 unspecified atom stereocenters. The van der Waals surface area contributed by atoms with E-state index >= 15 is 0 Å². The number of amides is 1. The highest BCUT2D eigenvalue weighted by atomic mass is 19.1. The SMILES string of the molecule is O=C(CC(O)c1ccccc1)NCCc1c[nH]c2ccc(F)cc12. The molecule has 3 N–H and O–H groups in total. The Hall–Kier alpha value is -2.66. The van der Waals surface area contributed by atoms with Gasteiger partial charge in [-0.15, -0.1) is 0 Å². The zero-order chi connectivity index (χ0) is 16.9. The first-order valence-electron chi connectivity index (χ1n) is 7.88. The molecule has 24 heavy (non-hydrogen) atoms. The molecule has 0 saturated carbocycles. The fraction of sp³-hybridized carbons (Fsp3) is 0.211. The number of hydrogen-bond acceptors (Lipinski definition) is 2. The van der Waals surface area contributed by atoms with Crippen LogP contribution in [0.25, 0.3) is 10.9 Å². The lowest BCUT2D eigenvalue weighted by atomic mass is 10.1. The van der Waals surface area contributed by atoms with Gasteiger partial charge in [0.15, 0.2) is 0 Å². The first-order valence-corrected chi connectivity index (χ1v) is 7.88. The summed E-state index contributed by atoms with van der Waals surface area (Å²) in [5, 5.41) is 13.7. The molecule has 2 aromatic carbocycles. The Labute approximate surface area is 139 Å². The number of aromatic nitrogens is 1. The van der Waals surface area contributed by atoms with E-state index in [2.05, 4.69) is 10.3 Å². The van der Waals surface area contributed by atoms with Gasteiger partial charge in [-0.05, 0) is 35.7 Å². The van der Waals surface area contributed by atoms with Gasteiger partial charge in [0.2, 0.25) is 5.91 Å². The second kappa shape index (κ2) is 7.27. The Morgan fingerprint density at radius 1 is 1.21 bits per heavy atom. The Bertz CT molecular complexity index is 830. The minimum absolute atomic E-state index is 0.0204. The Morgan fingerprint density at radius 3 is 2.79 bits per heavy atom. The van der Waals surface area contributed by atoms with Crippen molar-refractivity contribution in [2.24, 2.45) is 0 Å². The molecule has 0 fully saturated rings. The number of fused-ring (bicyclic) bond motifs is 1. The van der Waals surface area contributed by atoms with Crippen LogP contribution in [0, 0.1) is 5.82 Å². The first-order chi connectivity index (χ1) is 11.6. The molecule has 0 aliphatic heterocycles. The van der Waals surface area contributed by atoms with Crippen molar-refractivity contribution in [2.45, 2.75) is 18.9 Å². The number of benzene rings is 2. The molecule has 1 aromatic heterocycles. The molecule has 1 atom stereocenters. The van der Waals surface area contributed by atoms with E-state index in [1.807, 2.05) is 24.4 Å². The molecule has 0 aliphatic rings. The number of rotatable bonds is 6. The lowest BCUT2D eigenvalue weighted by Crippen LogP contribution is -2.27. The van der Waals surface area contributed by atoms with E-state index in [0.717, 1.165) is 22.0 Å². The van der Waals surface area contributed by atoms with Gasteiger partial charge in [-0.2, -0.15) is 0 Å². The maximum absolute atomic E-state index is 13.3. The van der Waals surface area contributed by atoms with Crippen molar-refractivity contribution in [3.05, 3.63) is 71.7 Å². The average molecular weight is 326 g/mol. The minimum atomic E-state index is -0.812. The van der Waals surface area contributed by atoms with Crippen LogP contribution in [0.3, 0.4) is 0 Å². The van der Waals surface area contributed by atoms with Gasteiger partial charge in [0, 0.05) is 23.6 Å². The lowest BCUT2D eigenvalue weighted by molar-refractivity contribution is -0.123. The van der Waals surface area contributed by atoms with Crippen molar-refractivity contribution in [3.63, 3.8) is 0 Å². The van der Waals surface area contributed by atoms with Crippen LogP contribution in [-0.2, 0) is 11.2 Å². The summed E-state index contributed by atoms with van der Waals surface area (Å²) in [4.78, 5) is 15.0. The number of H-pyrrole nitrogens is 1. The molecule has 5 heteroatoms. The van der Waals surface area contributed by atoms with Crippen molar-refractivity contribution < 1.29 is 14.3 Å². The van der Waals surface area contributed by atoms with Crippen molar-refractivity contribution in [3.8, 4) is 0 Å². The van der Waals surface area contributed by atoms with Crippen molar-refractivity contribution in [2.75, 3.05) is 6.54 Å². The zero-order valence-corrected chi connectivity index (χ0v) is 13.1. The van der Waals surface area contributed by atoms with Gasteiger partial charge in [-0.25, -0.2) is 4.39 Å². The van der Waals surface area contributed by atoms with Gasteiger partial charge >= 0.3 is 0 Å². The molecule has 0 radical (unpaired) electrons. The number of carbonyl (C=O) groups is 1. The fourth-order valence-electron chi connectivity index (χ4n) is 2.73. The fourth-order valence-corrected chi connectivity index (χ4v) is 2.73. The van der Waals surface area contributed by atoms with Crippen molar-refractivity contribution >= 4 is 16.8 Å². The summed E-state index contributed by atoms with van der Waals surface area (Å²) in [5.74, 6) is -0.490. The van der Waals surface area contributed by atoms with E-state index in [4.69, 9.17) is 0 Å². The summed E-state index contributed by atoms with van der Waals surface area (Å²) in [5.41, 5.74) is 2.55. The molecule has 1 heterocycles. The smallest absolute Gasteiger partial charge is 0.222 e. The van der Waals surface area contributed by atoms with Gasteiger partial charge in [0.1, 0.15) is 5.82 Å². The summed E-state index contributed by atoms with van der Waals surface area (Å²) < 4.78 is 13.3.